The van der Waals surface area contributed by atoms with Gasteiger partial charge in [0, 0.05) is 25.4 Å². The van der Waals surface area contributed by atoms with Crippen LogP contribution in [-0.2, 0) is 14.6 Å². The largest absolute Gasteiger partial charge is 0.361 e. The summed E-state index contributed by atoms with van der Waals surface area (Å²) in [5.41, 5.74) is 0. The van der Waals surface area contributed by atoms with E-state index in [0.717, 1.165) is 0 Å². The first-order chi connectivity index (χ1) is 7.07. The van der Waals surface area contributed by atoms with Crippen molar-refractivity contribution in [3.05, 3.63) is 0 Å². The van der Waals surface area contributed by atoms with Crippen LogP contribution < -0.4 is 0 Å². The second kappa shape index (κ2) is 5.45. The second-order valence-electron chi connectivity index (χ2n) is 3.53. The molecule has 0 aromatic heterocycles. The minimum Gasteiger partial charge on any atom is -0.361 e. The van der Waals surface area contributed by atoms with Crippen molar-refractivity contribution in [1.29, 1.82) is 5.26 Å². The molecule has 1 heterocycles. The quantitative estimate of drug-likeness (QED) is 0.662. The Morgan fingerprint density at radius 1 is 1.60 bits per heavy atom. The Morgan fingerprint density at radius 3 is 2.93 bits per heavy atom. The van der Waals surface area contributed by atoms with Crippen molar-refractivity contribution in [1.82, 2.24) is 4.90 Å². The van der Waals surface area contributed by atoms with Gasteiger partial charge in [-0.15, -0.1) is 0 Å². The Labute approximate surface area is 90.5 Å². The molecule has 0 amide bonds. The summed E-state index contributed by atoms with van der Waals surface area (Å²) >= 11 is 0. The average molecular weight is 232 g/mol. The minimum absolute atomic E-state index is 0.168. The Kier molecular flexibility index (Phi) is 4.51. The SMILES string of the molecule is CCS(=O)(=O)CCN1CCOC(C#N)C1. The molecule has 1 saturated heterocycles. The Morgan fingerprint density at radius 2 is 2.33 bits per heavy atom. The fraction of sp³-hybridized carbons (Fsp3) is 0.889. The molecule has 1 unspecified atom stereocenters. The van der Waals surface area contributed by atoms with Crippen LogP contribution in [0.1, 0.15) is 6.92 Å². The second-order valence-corrected chi connectivity index (χ2v) is 6.00. The van der Waals surface area contributed by atoms with Crippen LogP contribution in [0.5, 0.6) is 0 Å². The van der Waals surface area contributed by atoms with Gasteiger partial charge in [0.1, 0.15) is 0 Å². The number of nitrogens with zero attached hydrogens (tertiary/aromatic N) is 2. The molecule has 1 rings (SSSR count). The van der Waals surface area contributed by atoms with Gasteiger partial charge < -0.3 is 4.74 Å². The van der Waals surface area contributed by atoms with Crippen LogP contribution in [0.3, 0.4) is 0 Å². The number of hydrogen-bond donors (Lipinski definition) is 0. The predicted molar refractivity (Wildman–Crippen MR) is 56.1 cm³/mol. The number of nitriles is 1. The molecule has 0 bridgehead atoms. The molecular formula is C9H16N2O3S. The smallest absolute Gasteiger partial charge is 0.156 e. The van der Waals surface area contributed by atoms with Crippen LogP contribution in [0.25, 0.3) is 0 Å². The molecule has 0 aromatic carbocycles. The van der Waals surface area contributed by atoms with Crippen LogP contribution in [0.4, 0.5) is 0 Å². The normalized spacial score (nSPS) is 23.6. The molecule has 0 spiro atoms. The van der Waals surface area contributed by atoms with E-state index in [1.807, 2.05) is 11.0 Å². The molecule has 1 atom stereocenters. The van der Waals surface area contributed by atoms with Gasteiger partial charge in [0.25, 0.3) is 0 Å². The lowest BCUT2D eigenvalue weighted by atomic mass is 10.3. The number of hydrogen-bond acceptors (Lipinski definition) is 5. The lowest BCUT2D eigenvalue weighted by Crippen LogP contribution is -2.43. The summed E-state index contributed by atoms with van der Waals surface area (Å²) in [4.78, 5) is 1.96. The fourth-order valence-electron chi connectivity index (χ4n) is 1.40. The van der Waals surface area contributed by atoms with Gasteiger partial charge in [0.05, 0.1) is 18.4 Å². The zero-order valence-corrected chi connectivity index (χ0v) is 9.66. The summed E-state index contributed by atoms with van der Waals surface area (Å²) in [6.45, 7) is 3.86. The van der Waals surface area contributed by atoms with E-state index >= 15 is 0 Å². The summed E-state index contributed by atoms with van der Waals surface area (Å²) in [5, 5.41) is 8.66. The van der Waals surface area contributed by atoms with E-state index in [2.05, 4.69) is 0 Å². The summed E-state index contributed by atoms with van der Waals surface area (Å²) < 4.78 is 27.7. The highest BCUT2D eigenvalue weighted by Crippen LogP contribution is 2.04. The van der Waals surface area contributed by atoms with Gasteiger partial charge in [-0.2, -0.15) is 5.26 Å². The number of morpholine rings is 1. The third kappa shape index (κ3) is 4.16. The lowest BCUT2D eigenvalue weighted by molar-refractivity contribution is 0.00298. The van der Waals surface area contributed by atoms with E-state index < -0.39 is 15.9 Å². The van der Waals surface area contributed by atoms with Crippen LogP contribution >= 0.6 is 0 Å². The number of ether oxygens (including phenoxy) is 1. The van der Waals surface area contributed by atoms with Gasteiger partial charge in [0.15, 0.2) is 15.9 Å². The molecule has 15 heavy (non-hydrogen) atoms. The van der Waals surface area contributed by atoms with Crippen LogP contribution in [-0.4, -0.2) is 57.2 Å². The first-order valence-corrected chi connectivity index (χ1v) is 6.83. The molecule has 1 aliphatic rings. The molecule has 0 saturated carbocycles. The molecule has 1 fully saturated rings. The van der Waals surface area contributed by atoms with Crippen LogP contribution in [0, 0.1) is 11.3 Å². The highest BCUT2D eigenvalue weighted by Gasteiger charge is 2.20. The van der Waals surface area contributed by atoms with Crippen molar-refractivity contribution >= 4 is 9.84 Å². The van der Waals surface area contributed by atoms with Crippen molar-refractivity contribution in [2.75, 3.05) is 37.7 Å². The van der Waals surface area contributed by atoms with Crippen molar-refractivity contribution in [3.8, 4) is 6.07 Å². The van der Waals surface area contributed by atoms with Gasteiger partial charge in [-0.25, -0.2) is 8.42 Å². The summed E-state index contributed by atoms with van der Waals surface area (Å²) in [6.07, 6.45) is -0.414. The van der Waals surface area contributed by atoms with Gasteiger partial charge in [0.2, 0.25) is 0 Å². The highest BCUT2D eigenvalue weighted by molar-refractivity contribution is 7.91. The summed E-state index contributed by atoms with van der Waals surface area (Å²) in [6, 6.07) is 2.03. The van der Waals surface area contributed by atoms with Crippen molar-refractivity contribution < 1.29 is 13.2 Å². The first kappa shape index (κ1) is 12.4. The molecule has 1 aliphatic heterocycles. The molecule has 0 radical (unpaired) electrons. The zero-order valence-electron chi connectivity index (χ0n) is 8.85. The van der Waals surface area contributed by atoms with Crippen molar-refractivity contribution in [2.45, 2.75) is 13.0 Å². The maximum atomic E-state index is 11.3. The molecule has 5 nitrogen and oxygen atoms in total. The van der Waals surface area contributed by atoms with Crippen molar-refractivity contribution in [3.63, 3.8) is 0 Å². The fourth-order valence-corrected chi connectivity index (χ4v) is 2.22. The minimum atomic E-state index is -2.91. The van der Waals surface area contributed by atoms with E-state index in [9.17, 15) is 8.42 Å². The molecule has 0 aliphatic carbocycles. The maximum Gasteiger partial charge on any atom is 0.156 e. The van der Waals surface area contributed by atoms with Gasteiger partial charge in [-0.05, 0) is 0 Å². The lowest BCUT2D eigenvalue weighted by Gasteiger charge is -2.29. The standard InChI is InChI=1S/C9H16N2O3S/c1-2-15(12,13)6-4-11-3-5-14-9(7-10)8-11/h9H,2-6,8H2,1H3. The first-order valence-electron chi connectivity index (χ1n) is 5.01. The Balaban J connectivity index is 2.37. The van der Waals surface area contributed by atoms with E-state index in [1.165, 1.54) is 0 Å². The maximum absolute atomic E-state index is 11.3. The molecule has 0 aromatic rings. The van der Waals surface area contributed by atoms with E-state index in [4.69, 9.17) is 10.00 Å². The summed E-state index contributed by atoms with van der Waals surface area (Å²) in [7, 11) is -2.91. The van der Waals surface area contributed by atoms with Crippen molar-refractivity contribution in [2.24, 2.45) is 0 Å². The number of sulfone groups is 1. The number of rotatable bonds is 4. The average Bonchev–Trinajstić information content (AvgIpc) is 2.27. The summed E-state index contributed by atoms with van der Waals surface area (Å²) in [5.74, 6) is 0.348. The van der Waals surface area contributed by atoms with E-state index in [1.54, 1.807) is 6.92 Å². The highest BCUT2D eigenvalue weighted by atomic mass is 32.2. The third-order valence-electron chi connectivity index (χ3n) is 2.45. The van der Waals surface area contributed by atoms with Crippen LogP contribution in [0.2, 0.25) is 0 Å². The molecule has 86 valence electrons. The van der Waals surface area contributed by atoms with Gasteiger partial charge in [-0.1, -0.05) is 6.92 Å². The zero-order chi connectivity index (χ0) is 11.3. The Bertz CT molecular complexity index is 334. The molecule has 6 heteroatoms. The molecule has 0 N–H and O–H groups in total. The predicted octanol–water partition coefficient (Wildman–Crippen LogP) is -0.355. The van der Waals surface area contributed by atoms with E-state index in [-0.39, 0.29) is 11.5 Å². The molecular weight excluding hydrogens is 216 g/mol. The Hall–Kier alpha value is -0.640. The van der Waals surface area contributed by atoms with Gasteiger partial charge in [-0.3, -0.25) is 4.90 Å². The van der Waals surface area contributed by atoms with Crippen LogP contribution in [0.15, 0.2) is 0 Å². The van der Waals surface area contributed by atoms with Gasteiger partial charge >= 0.3 is 0 Å². The third-order valence-corrected chi connectivity index (χ3v) is 4.14. The topological polar surface area (TPSA) is 70.4 Å². The monoisotopic (exact) mass is 232 g/mol. The van der Waals surface area contributed by atoms with E-state index in [0.29, 0.717) is 26.2 Å².